The first-order valence-corrected chi connectivity index (χ1v) is 7.54. The minimum absolute atomic E-state index is 0.0699. The van der Waals surface area contributed by atoms with Gasteiger partial charge in [-0.1, -0.05) is 13.2 Å². The molecule has 17 heteroatoms. The van der Waals surface area contributed by atoms with Crippen LogP contribution >= 0.6 is 0 Å². The van der Waals surface area contributed by atoms with Crippen LogP contribution in [0.5, 0.6) is 0 Å². The lowest BCUT2D eigenvalue weighted by Gasteiger charge is -2.32. The monoisotopic (exact) mass is 452 g/mol. The van der Waals surface area contributed by atoms with Gasteiger partial charge in [0.2, 0.25) is 0 Å². The maximum Gasteiger partial charge on any atom is 0.468 e. The molecule has 0 aromatic heterocycles. The molecule has 0 aliphatic rings. The number of esters is 2. The molecule has 1 N–H and O–H groups in total. The van der Waals surface area contributed by atoms with Crippen LogP contribution in [0.4, 0.5) is 35.1 Å². The summed E-state index contributed by atoms with van der Waals surface area (Å²) >= 11 is 0. The third kappa shape index (κ3) is 5.61. The molecule has 1 unspecified atom stereocenters. The molecule has 8 nitrogen and oxygen atoms in total. The van der Waals surface area contributed by atoms with Crippen molar-refractivity contribution in [2.24, 2.45) is 0 Å². The molecule has 28 heavy (non-hydrogen) atoms. The highest BCUT2D eigenvalue weighted by molar-refractivity contribution is 7.86. The lowest BCUT2D eigenvalue weighted by Crippen LogP contribution is -2.59. The van der Waals surface area contributed by atoms with Crippen LogP contribution in [-0.4, -0.2) is 54.9 Å². The first-order chi connectivity index (χ1) is 12.2. The number of hydrogen-bond acceptors (Lipinski definition) is 7. The SMILES string of the molecule is C=COC(=O)C(OCC(F)(F)S(=O)(=O)O)(OC(=O)C(=C)C(F)(F)F)C(F)(F)F. The van der Waals surface area contributed by atoms with Crippen LogP contribution < -0.4 is 0 Å². The average molecular weight is 452 g/mol. The molecule has 0 aliphatic heterocycles. The summed E-state index contributed by atoms with van der Waals surface area (Å²) in [5, 5.41) is -5.51. The Bertz CT molecular complexity index is 754. The Morgan fingerprint density at radius 1 is 1.04 bits per heavy atom. The van der Waals surface area contributed by atoms with Crippen molar-refractivity contribution in [3.63, 3.8) is 0 Å². The van der Waals surface area contributed by atoms with Crippen molar-refractivity contribution in [3.8, 4) is 0 Å². The summed E-state index contributed by atoms with van der Waals surface area (Å²) in [7, 11) is -6.41. The number of alkyl halides is 8. The molecule has 0 spiro atoms. The minimum Gasteiger partial charge on any atom is -0.430 e. The van der Waals surface area contributed by atoms with E-state index in [1.807, 2.05) is 0 Å². The summed E-state index contributed by atoms with van der Waals surface area (Å²) in [5.74, 6) is -11.2. The van der Waals surface area contributed by atoms with Crippen LogP contribution in [0, 0.1) is 0 Å². The summed E-state index contributed by atoms with van der Waals surface area (Å²) in [5.41, 5.74) is -2.61. The average Bonchev–Trinajstić information content (AvgIpc) is 2.47. The number of halogens is 8. The van der Waals surface area contributed by atoms with Gasteiger partial charge in [-0.3, -0.25) is 4.55 Å². The molecule has 0 aromatic carbocycles. The van der Waals surface area contributed by atoms with Crippen LogP contribution in [0.2, 0.25) is 0 Å². The van der Waals surface area contributed by atoms with Crippen molar-refractivity contribution in [1.29, 1.82) is 0 Å². The summed E-state index contributed by atoms with van der Waals surface area (Å²) in [4.78, 5) is 22.8. The highest BCUT2D eigenvalue weighted by Gasteiger charge is 2.69. The van der Waals surface area contributed by atoms with Gasteiger partial charge in [0, 0.05) is 0 Å². The lowest BCUT2D eigenvalue weighted by atomic mass is 10.2. The standard InChI is InChI=1S/C11H8F8O8S/c1-3-25-7(21)9(11(17,18)19,26-4-8(12,13)28(22,23)24)27-6(20)5(2)10(14,15)16/h3H,1-2,4H2,(H,22,23,24). The Morgan fingerprint density at radius 3 is 1.82 bits per heavy atom. The van der Waals surface area contributed by atoms with Gasteiger partial charge in [-0.2, -0.15) is 43.5 Å². The van der Waals surface area contributed by atoms with Gasteiger partial charge in [-0.05, 0) is 0 Å². The highest BCUT2D eigenvalue weighted by Crippen LogP contribution is 2.39. The molecule has 0 saturated heterocycles. The minimum atomic E-state index is -6.41. The third-order valence-electron chi connectivity index (χ3n) is 2.48. The Balaban J connectivity index is 6.27. The topological polar surface area (TPSA) is 116 Å². The Labute approximate surface area is 150 Å². The summed E-state index contributed by atoms with van der Waals surface area (Å²) in [6.45, 7) is 1.68. The Kier molecular flexibility index (Phi) is 7.35. The molecule has 0 fully saturated rings. The molecule has 0 heterocycles. The smallest absolute Gasteiger partial charge is 0.430 e. The largest absolute Gasteiger partial charge is 0.468 e. The maximum atomic E-state index is 13.2. The summed E-state index contributed by atoms with van der Waals surface area (Å²) in [6, 6.07) is 0. The molecule has 0 saturated carbocycles. The first kappa shape index (κ1) is 25.7. The zero-order valence-corrected chi connectivity index (χ0v) is 13.8. The van der Waals surface area contributed by atoms with Crippen LogP contribution in [0.25, 0.3) is 0 Å². The van der Waals surface area contributed by atoms with Crippen molar-refractivity contribution in [1.82, 2.24) is 0 Å². The third-order valence-corrected chi connectivity index (χ3v) is 3.35. The molecular weight excluding hydrogens is 444 g/mol. The van der Waals surface area contributed by atoms with E-state index in [9.17, 15) is 53.1 Å². The molecular formula is C11H8F8O8S. The van der Waals surface area contributed by atoms with E-state index >= 15 is 0 Å². The molecule has 0 aromatic rings. The van der Waals surface area contributed by atoms with Crippen LogP contribution in [0.15, 0.2) is 25.0 Å². The second kappa shape index (κ2) is 8.00. The number of carbonyl (C=O) groups is 2. The zero-order chi connectivity index (χ0) is 22.8. The second-order valence-corrected chi connectivity index (χ2v) is 6.00. The number of ether oxygens (including phenoxy) is 3. The molecule has 0 aliphatic carbocycles. The van der Waals surface area contributed by atoms with Gasteiger partial charge >= 0.3 is 45.5 Å². The fraction of sp³-hybridized carbons (Fsp3) is 0.455. The van der Waals surface area contributed by atoms with Crippen molar-refractivity contribution >= 4 is 22.1 Å². The van der Waals surface area contributed by atoms with Crippen LogP contribution in [0.1, 0.15) is 0 Å². The molecule has 162 valence electrons. The van der Waals surface area contributed by atoms with Gasteiger partial charge < -0.3 is 14.2 Å². The Morgan fingerprint density at radius 2 is 1.50 bits per heavy atom. The van der Waals surface area contributed by atoms with Crippen LogP contribution in [-0.2, 0) is 33.9 Å². The Hall–Kier alpha value is -2.27. The summed E-state index contributed by atoms with van der Waals surface area (Å²) < 4.78 is 142. The van der Waals surface area contributed by atoms with E-state index in [0.717, 1.165) is 0 Å². The molecule has 1 atom stereocenters. The van der Waals surface area contributed by atoms with E-state index in [1.165, 1.54) is 0 Å². The van der Waals surface area contributed by atoms with Gasteiger partial charge in [-0.15, -0.1) is 0 Å². The zero-order valence-electron chi connectivity index (χ0n) is 12.9. The number of carbonyl (C=O) groups excluding carboxylic acids is 2. The van der Waals surface area contributed by atoms with E-state index in [-0.39, 0.29) is 6.26 Å². The predicted molar refractivity (Wildman–Crippen MR) is 68.8 cm³/mol. The summed E-state index contributed by atoms with van der Waals surface area (Å²) in [6.07, 6.45) is -12.1. The fourth-order valence-corrected chi connectivity index (χ4v) is 1.31. The molecule has 0 bridgehead atoms. The normalized spacial score (nSPS) is 15.3. The lowest BCUT2D eigenvalue weighted by molar-refractivity contribution is -0.359. The van der Waals surface area contributed by atoms with Gasteiger partial charge in [0.1, 0.15) is 12.2 Å². The van der Waals surface area contributed by atoms with E-state index < -0.39 is 57.6 Å². The van der Waals surface area contributed by atoms with Gasteiger partial charge in [-0.25, -0.2) is 9.59 Å². The highest BCUT2D eigenvalue weighted by atomic mass is 32.2. The van der Waals surface area contributed by atoms with Crippen molar-refractivity contribution in [2.45, 2.75) is 23.4 Å². The van der Waals surface area contributed by atoms with Crippen molar-refractivity contribution in [3.05, 3.63) is 25.0 Å². The molecule has 0 amide bonds. The van der Waals surface area contributed by atoms with Crippen LogP contribution in [0.3, 0.4) is 0 Å². The maximum absolute atomic E-state index is 13.2. The van der Waals surface area contributed by atoms with Gasteiger partial charge in [0.25, 0.3) is 0 Å². The first-order valence-electron chi connectivity index (χ1n) is 6.10. The van der Waals surface area contributed by atoms with Gasteiger partial charge in [0.15, 0.2) is 0 Å². The van der Waals surface area contributed by atoms with E-state index in [2.05, 4.69) is 27.4 Å². The number of rotatable bonds is 8. The number of hydrogen-bond donors (Lipinski definition) is 1. The molecule has 0 radical (unpaired) electrons. The molecule has 0 rings (SSSR count). The van der Waals surface area contributed by atoms with E-state index in [4.69, 9.17) is 4.55 Å². The predicted octanol–water partition coefficient (Wildman–Crippen LogP) is 2.09. The second-order valence-electron chi connectivity index (χ2n) is 4.45. The fourth-order valence-electron chi connectivity index (χ4n) is 1.11. The van der Waals surface area contributed by atoms with Gasteiger partial charge in [0.05, 0.1) is 6.26 Å². The van der Waals surface area contributed by atoms with E-state index in [0.29, 0.717) is 0 Å². The van der Waals surface area contributed by atoms with E-state index in [1.54, 1.807) is 0 Å². The van der Waals surface area contributed by atoms with Crippen molar-refractivity contribution < 1.29 is 71.9 Å². The van der Waals surface area contributed by atoms with Crippen molar-refractivity contribution in [2.75, 3.05) is 6.61 Å². The quantitative estimate of drug-likeness (QED) is 0.149.